The van der Waals surface area contributed by atoms with Crippen LogP contribution >= 0.6 is 11.3 Å². The van der Waals surface area contributed by atoms with Crippen LogP contribution in [0.4, 0.5) is 0 Å². The van der Waals surface area contributed by atoms with Crippen LogP contribution in [0.5, 0.6) is 0 Å². The number of benzene rings is 5. The van der Waals surface area contributed by atoms with Gasteiger partial charge in [-0.1, -0.05) is 84.9 Å². The minimum absolute atomic E-state index is 0.947. The van der Waals surface area contributed by atoms with Gasteiger partial charge in [-0.2, -0.15) is 0 Å². The average molecular weight is 532 g/mol. The summed E-state index contributed by atoms with van der Waals surface area (Å²) in [5.41, 5.74) is 9.98. The van der Waals surface area contributed by atoms with Gasteiger partial charge in [-0.05, 0) is 60.9 Å². The number of rotatable bonds is 3. The standard InChI is InChI=1S/C36H25N3S/c1-22-17-19-29(35-32(22)28-20-18-25(21-31(28)40-35)24-11-5-3-6-12-24)36-38-33-27-15-9-10-16-30(27)37-23(2)34(33)39(36)26-13-7-4-8-14-26/h3-21H,1-2H3. The number of imidazole rings is 1. The van der Waals surface area contributed by atoms with E-state index in [2.05, 4.69) is 128 Å². The van der Waals surface area contributed by atoms with Crippen molar-refractivity contribution in [3.63, 3.8) is 0 Å². The van der Waals surface area contributed by atoms with Gasteiger partial charge in [-0.15, -0.1) is 11.3 Å². The molecule has 0 atom stereocenters. The molecule has 0 aliphatic carbocycles. The van der Waals surface area contributed by atoms with E-state index in [0.717, 1.165) is 44.7 Å². The molecule has 5 aromatic carbocycles. The molecule has 0 radical (unpaired) electrons. The van der Waals surface area contributed by atoms with E-state index in [1.165, 1.54) is 36.9 Å². The molecular weight excluding hydrogens is 506 g/mol. The quantitative estimate of drug-likeness (QED) is 0.227. The van der Waals surface area contributed by atoms with Gasteiger partial charge in [0, 0.05) is 36.8 Å². The van der Waals surface area contributed by atoms with E-state index in [0.29, 0.717) is 0 Å². The smallest absolute Gasteiger partial charge is 0.147 e. The number of aryl methyl sites for hydroxylation is 2. The molecule has 0 spiro atoms. The minimum Gasteiger partial charge on any atom is -0.290 e. The van der Waals surface area contributed by atoms with Crippen LogP contribution in [0.15, 0.2) is 115 Å². The van der Waals surface area contributed by atoms with Crippen LogP contribution in [-0.4, -0.2) is 14.5 Å². The zero-order valence-electron chi connectivity index (χ0n) is 22.2. The highest BCUT2D eigenvalue weighted by Gasteiger charge is 2.22. The zero-order chi connectivity index (χ0) is 26.8. The van der Waals surface area contributed by atoms with Crippen LogP contribution in [0.3, 0.4) is 0 Å². The average Bonchev–Trinajstić information content (AvgIpc) is 3.59. The van der Waals surface area contributed by atoms with Crippen molar-refractivity contribution in [2.75, 3.05) is 0 Å². The molecule has 0 aliphatic rings. The van der Waals surface area contributed by atoms with E-state index >= 15 is 0 Å². The monoisotopic (exact) mass is 531 g/mol. The van der Waals surface area contributed by atoms with E-state index in [1.807, 2.05) is 17.4 Å². The first kappa shape index (κ1) is 23.1. The summed E-state index contributed by atoms with van der Waals surface area (Å²) in [6.45, 7) is 4.31. The highest BCUT2D eigenvalue weighted by molar-refractivity contribution is 7.26. The van der Waals surface area contributed by atoms with Crippen LogP contribution in [0.1, 0.15) is 11.3 Å². The van der Waals surface area contributed by atoms with Crippen molar-refractivity contribution in [3.8, 4) is 28.2 Å². The van der Waals surface area contributed by atoms with Gasteiger partial charge >= 0.3 is 0 Å². The Bertz CT molecular complexity index is 2220. The highest BCUT2D eigenvalue weighted by atomic mass is 32.1. The summed E-state index contributed by atoms with van der Waals surface area (Å²) in [4.78, 5) is 10.4. The Morgan fingerprint density at radius 1 is 0.650 bits per heavy atom. The third-order valence-corrected chi connectivity index (χ3v) is 9.04. The topological polar surface area (TPSA) is 30.7 Å². The molecule has 8 aromatic rings. The zero-order valence-corrected chi connectivity index (χ0v) is 23.0. The van der Waals surface area contributed by atoms with Crippen molar-refractivity contribution in [2.24, 2.45) is 0 Å². The number of thiophene rings is 1. The number of hydrogen-bond donors (Lipinski definition) is 0. The molecule has 8 rings (SSSR count). The third-order valence-electron chi connectivity index (χ3n) is 7.86. The van der Waals surface area contributed by atoms with E-state index in [4.69, 9.17) is 9.97 Å². The second-order valence-corrected chi connectivity index (χ2v) is 11.4. The van der Waals surface area contributed by atoms with E-state index in [1.54, 1.807) is 0 Å². The first-order chi connectivity index (χ1) is 19.7. The van der Waals surface area contributed by atoms with Crippen molar-refractivity contribution in [1.82, 2.24) is 14.5 Å². The van der Waals surface area contributed by atoms with Gasteiger partial charge in [0.25, 0.3) is 0 Å². The maximum absolute atomic E-state index is 5.39. The fourth-order valence-electron chi connectivity index (χ4n) is 5.99. The molecule has 0 fully saturated rings. The second-order valence-electron chi connectivity index (χ2n) is 10.3. The molecule has 0 saturated heterocycles. The van der Waals surface area contributed by atoms with E-state index < -0.39 is 0 Å². The molecule has 4 heteroatoms. The SMILES string of the molecule is Cc1ccc(-c2nc3c4ccccc4nc(C)c3n2-c2ccccc2)c2sc3cc(-c4ccccc4)ccc3c12. The van der Waals surface area contributed by atoms with Crippen molar-refractivity contribution in [2.45, 2.75) is 13.8 Å². The van der Waals surface area contributed by atoms with Gasteiger partial charge < -0.3 is 0 Å². The Kier molecular flexibility index (Phi) is 5.13. The predicted molar refractivity (Wildman–Crippen MR) is 170 cm³/mol. The van der Waals surface area contributed by atoms with Gasteiger partial charge in [0.2, 0.25) is 0 Å². The molecule has 3 heterocycles. The van der Waals surface area contributed by atoms with Gasteiger partial charge in [-0.25, -0.2) is 4.98 Å². The molecule has 0 aliphatic heterocycles. The lowest BCUT2D eigenvalue weighted by atomic mass is 10.0. The van der Waals surface area contributed by atoms with Gasteiger partial charge in [0.1, 0.15) is 11.3 Å². The molecule has 3 nitrogen and oxygen atoms in total. The van der Waals surface area contributed by atoms with Crippen molar-refractivity contribution in [1.29, 1.82) is 0 Å². The molecule has 0 bridgehead atoms. The van der Waals surface area contributed by atoms with E-state index in [-0.39, 0.29) is 0 Å². The number of fused-ring (bicyclic) bond motifs is 6. The van der Waals surface area contributed by atoms with Gasteiger partial charge in [-0.3, -0.25) is 9.55 Å². The molecule has 190 valence electrons. The Morgan fingerprint density at radius 2 is 1.40 bits per heavy atom. The van der Waals surface area contributed by atoms with Crippen LogP contribution in [-0.2, 0) is 0 Å². The first-order valence-corrected chi connectivity index (χ1v) is 14.3. The van der Waals surface area contributed by atoms with Gasteiger partial charge in [0.15, 0.2) is 0 Å². The Labute approximate surface area is 236 Å². The van der Waals surface area contributed by atoms with Crippen molar-refractivity contribution >= 4 is 53.4 Å². The summed E-state index contributed by atoms with van der Waals surface area (Å²) in [7, 11) is 0. The van der Waals surface area contributed by atoms with Crippen molar-refractivity contribution < 1.29 is 0 Å². The maximum atomic E-state index is 5.39. The summed E-state index contributed by atoms with van der Waals surface area (Å²) in [5, 5.41) is 3.68. The van der Waals surface area contributed by atoms with Crippen LogP contribution in [0, 0.1) is 13.8 Å². The number of para-hydroxylation sites is 2. The lowest BCUT2D eigenvalue weighted by molar-refractivity contribution is 1.09. The molecule has 0 unspecified atom stereocenters. The van der Waals surface area contributed by atoms with Gasteiger partial charge in [0.05, 0.1) is 16.7 Å². The summed E-state index contributed by atoms with van der Waals surface area (Å²) >= 11 is 1.86. The van der Waals surface area contributed by atoms with Crippen molar-refractivity contribution in [3.05, 3.63) is 127 Å². The van der Waals surface area contributed by atoms with Crippen LogP contribution in [0.25, 0.3) is 70.3 Å². The lowest BCUT2D eigenvalue weighted by Crippen LogP contribution is -1.99. The Morgan fingerprint density at radius 3 is 2.23 bits per heavy atom. The lowest BCUT2D eigenvalue weighted by Gasteiger charge is -2.12. The fourth-order valence-corrected chi connectivity index (χ4v) is 7.32. The largest absolute Gasteiger partial charge is 0.290 e. The molecule has 3 aromatic heterocycles. The number of hydrogen-bond acceptors (Lipinski definition) is 3. The molecule has 0 amide bonds. The maximum Gasteiger partial charge on any atom is 0.147 e. The minimum atomic E-state index is 0.947. The summed E-state index contributed by atoms with van der Waals surface area (Å²) < 4.78 is 4.86. The summed E-state index contributed by atoms with van der Waals surface area (Å²) in [5.74, 6) is 0.947. The van der Waals surface area contributed by atoms with Crippen LogP contribution in [0.2, 0.25) is 0 Å². The van der Waals surface area contributed by atoms with E-state index in [9.17, 15) is 0 Å². The Hall–Kier alpha value is -4.80. The summed E-state index contributed by atoms with van der Waals surface area (Å²) in [6, 6.07) is 40.8. The first-order valence-electron chi connectivity index (χ1n) is 13.5. The molecule has 0 N–H and O–H groups in total. The second kappa shape index (κ2) is 8.87. The number of aromatic nitrogens is 3. The third kappa shape index (κ3) is 3.43. The summed E-state index contributed by atoms with van der Waals surface area (Å²) in [6.07, 6.45) is 0. The molecule has 0 saturated carbocycles. The normalized spacial score (nSPS) is 11.8. The molecule has 40 heavy (non-hydrogen) atoms. The fraction of sp³-hybridized carbons (Fsp3) is 0.0556. The predicted octanol–water partition coefficient (Wildman–Crippen LogP) is 9.89. The highest BCUT2D eigenvalue weighted by Crippen LogP contribution is 2.44. The number of pyridine rings is 1. The number of nitrogens with zero attached hydrogens (tertiary/aromatic N) is 3. The van der Waals surface area contributed by atoms with Crippen LogP contribution < -0.4 is 0 Å². The Balaban J connectivity index is 1.47. The molecular formula is C36H25N3S.